The zero-order chi connectivity index (χ0) is 24.7. The normalized spacial score (nSPS) is 37.3. The molecule has 192 valence electrons. The van der Waals surface area contributed by atoms with Gasteiger partial charge in [-0.3, -0.25) is 14.6 Å². The van der Waals surface area contributed by atoms with Crippen LogP contribution < -0.4 is 10.6 Å². The van der Waals surface area contributed by atoms with Gasteiger partial charge < -0.3 is 25.7 Å². The molecule has 0 spiro atoms. The summed E-state index contributed by atoms with van der Waals surface area (Å²) < 4.78 is 0. The third-order valence-corrected chi connectivity index (χ3v) is 9.27. The second-order valence-electron chi connectivity index (χ2n) is 11.2. The molecule has 2 aliphatic carbocycles. The molecule has 35 heavy (non-hydrogen) atoms. The molecular formula is C25H36N4O6. The van der Waals surface area contributed by atoms with Crippen molar-refractivity contribution in [1.82, 2.24) is 15.5 Å². The van der Waals surface area contributed by atoms with E-state index in [9.17, 15) is 29.4 Å². The van der Waals surface area contributed by atoms with Crippen LogP contribution in [-0.4, -0.2) is 82.8 Å². The van der Waals surface area contributed by atoms with Crippen molar-refractivity contribution in [2.24, 2.45) is 40.5 Å². The molecular weight excluding hydrogens is 452 g/mol. The molecule has 5 fully saturated rings. The summed E-state index contributed by atoms with van der Waals surface area (Å²) in [7, 11) is 0. The van der Waals surface area contributed by atoms with Crippen LogP contribution in [0.4, 0.5) is 0 Å². The number of amides is 2. The summed E-state index contributed by atoms with van der Waals surface area (Å²) in [5.41, 5.74) is 0.908. The lowest BCUT2D eigenvalue weighted by atomic mass is 9.64. The SMILES string of the molecule is O=C(O)C(NC(=O)[C@H]1CC[C@H](C(=O)NC(C(=O)O)[C@H]2C3=NCCC2C3)CC1)[C@H]1CN2CCC1CC2. The van der Waals surface area contributed by atoms with Crippen molar-refractivity contribution in [2.45, 2.75) is 63.5 Å². The minimum Gasteiger partial charge on any atom is -0.480 e. The Bertz CT molecular complexity index is 906. The number of nitrogens with zero attached hydrogens (tertiary/aromatic N) is 2. The van der Waals surface area contributed by atoms with Gasteiger partial charge in [0, 0.05) is 42.5 Å². The third kappa shape index (κ3) is 4.81. The largest absolute Gasteiger partial charge is 0.480 e. The Morgan fingerprint density at radius 1 is 0.800 bits per heavy atom. The average Bonchev–Trinajstić information content (AvgIpc) is 2.87. The van der Waals surface area contributed by atoms with E-state index in [0.29, 0.717) is 38.1 Å². The molecule has 6 aliphatic rings. The van der Waals surface area contributed by atoms with E-state index < -0.39 is 24.0 Å². The maximum absolute atomic E-state index is 13.0. The molecule has 2 amide bonds. The predicted octanol–water partition coefficient (Wildman–Crippen LogP) is 0.754. The van der Waals surface area contributed by atoms with Crippen molar-refractivity contribution in [3.63, 3.8) is 0 Å². The first kappa shape index (κ1) is 24.2. The lowest BCUT2D eigenvalue weighted by Crippen LogP contribution is -2.59. The molecule has 0 radical (unpaired) electrons. The molecule has 4 aliphatic heterocycles. The van der Waals surface area contributed by atoms with Crippen molar-refractivity contribution in [1.29, 1.82) is 0 Å². The number of aliphatic imine (C=N–C) groups is 1. The molecule has 0 aromatic carbocycles. The van der Waals surface area contributed by atoms with Gasteiger partial charge in [0.05, 0.1) is 0 Å². The number of aliphatic carboxylic acids is 2. The minimum atomic E-state index is -1.02. The lowest BCUT2D eigenvalue weighted by Gasteiger charge is -2.47. The first-order chi connectivity index (χ1) is 16.8. The van der Waals surface area contributed by atoms with Gasteiger partial charge in [-0.1, -0.05) is 0 Å². The highest BCUT2D eigenvalue weighted by molar-refractivity contribution is 5.99. The highest BCUT2D eigenvalue weighted by Gasteiger charge is 2.48. The Kier molecular flexibility index (Phi) is 6.83. The first-order valence-corrected chi connectivity index (χ1v) is 13.1. The summed E-state index contributed by atoms with van der Waals surface area (Å²) in [5.74, 6) is -2.81. The van der Waals surface area contributed by atoms with Gasteiger partial charge in [-0.2, -0.15) is 0 Å². The summed E-state index contributed by atoms with van der Waals surface area (Å²) in [6.07, 6.45) is 5.63. The predicted molar refractivity (Wildman–Crippen MR) is 126 cm³/mol. The van der Waals surface area contributed by atoms with Crippen LogP contribution in [0.1, 0.15) is 51.4 Å². The van der Waals surface area contributed by atoms with Gasteiger partial charge in [0.2, 0.25) is 11.8 Å². The van der Waals surface area contributed by atoms with Gasteiger partial charge >= 0.3 is 11.9 Å². The van der Waals surface area contributed by atoms with Gasteiger partial charge in [-0.05, 0) is 76.3 Å². The number of fused-ring (bicyclic) bond motifs is 5. The second-order valence-corrected chi connectivity index (χ2v) is 11.2. The van der Waals surface area contributed by atoms with Crippen molar-refractivity contribution in [3.05, 3.63) is 0 Å². The van der Waals surface area contributed by atoms with Crippen LogP contribution in [0, 0.1) is 35.5 Å². The fourth-order valence-corrected chi connectivity index (χ4v) is 7.14. The number of carboxylic acid groups (broad SMARTS) is 2. The summed E-state index contributed by atoms with van der Waals surface area (Å²) in [6, 6.07) is -1.82. The number of carbonyl (C=O) groups excluding carboxylic acids is 2. The molecule has 2 saturated carbocycles. The Morgan fingerprint density at radius 2 is 1.37 bits per heavy atom. The molecule has 0 aromatic rings. The minimum absolute atomic E-state index is 0.0652. The van der Waals surface area contributed by atoms with Crippen LogP contribution in [-0.2, 0) is 19.2 Å². The second kappa shape index (κ2) is 9.87. The van der Waals surface area contributed by atoms with E-state index in [0.717, 1.165) is 51.0 Å². The molecule has 4 bridgehead atoms. The number of hydrogen-bond donors (Lipinski definition) is 4. The van der Waals surface area contributed by atoms with Gasteiger partial charge in [0.25, 0.3) is 0 Å². The Morgan fingerprint density at radius 3 is 1.80 bits per heavy atom. The third-order valence-electron chi connectivity index (χ3n) is 9.27. The molecule has 10 heteroatoms. The van der Waals surface area contributed by atoms with Crippen molar-refractivity contribution >= 4 is 29.5 Å². The van der Waals surface area contributed by atoms with Crippen LogP contribution in [0.15, 0.2) is 4.99 Å². The number of hydrogen-bond acceptors (Lipinski definition) is 6. The standard InChI is InChI=1S/C25H36N4O6/c30-22(27-20(24(32)33)17-12-29-9-6-13(17)7-10-29)14-1-3-15(4-2-14)23(31)28-21(25(34)35)19-16-5-8-26-18(19)11-16/h13-17,19-21H,1-12H2,(H,27,30)(H,28,31)(H,32,33)(H,34,35)/t14-,15-,16?,17-,19+,20?,21?/m0/s1. The summed E-state index contributed by atoms with van der Waals surface area (Å²) in [5, 5.41) is 25.2. The summed E-state index contributed by atoms with van der Waals surface area (Å²) >= 11 is 0. The lowest BCUT2D eigenvalue weighted by molar-refractivity contribution is -0.147. The molecule has 4 N–H and O–H groups in total. The molecule has 4 heterocycles. The van der Waals surface area contributed by atoms with Gasteiger partial charge in [-0.25, -0.2) is 9.59 Å². The van der Waals surface area contributed by atoms with Crippen molar-refractivity contribution < 1.29 is 29.4 Å². The zero-order valence-corrected chi connectivity index (χ0v) is 20.0. The van der Waals surface area contributed by atoms with E-state index in [4.69, 9.17) is 0 Å². The molecule has 5 atom stereocenters. The Balaban J connectivity index is 1.13. The Labute approximate surface area is 204 Å². The molecule has 0 aromatic heterocycles. The fraction of sp³-hybridized carbons (Fsp3) is 0.800. The molecule has 6 rings (SSSR count). The summed E-state index contributed by atoms with van der Waals surface area (Å²) in [4.78, 5) is 56.5. The van der Waals surface area contributed by atoms with Gasteiger partial charge in [0.15, 0.2) is 0 Å². The monoisotopic (exact) mass is 488 g/mol. The van der Waals surface area contributed by atoms with Crippen LogP contribution in [0.25, 0.3) is 0 Å². The van der Waals surface area contributed by atoms with E-state index in [1.165, 1.54) is 0 Å². The van der Waals surface area contributed by atoms with E-state index in [2.05, 4.69) is 20.5 Å². The number of rotatable bonds is 8. The quantitative estimate of drug-likeness (QED) is 0.394. The summed E-state index contributed by atoms with van der Waals surface area (Å²) in [6.45, 7) is 3.47. The molecule has 3 saturated heterocycles. The maximum atomic E-state index is 13.0. The fourth-order valence-electron chi connectivity index (χ4n) is 7.14. The number of carboxylic acids is 2. The maximum Gasteiger partial charge on any atom is 0.326 e. The van der Waals surface area contributed by atoms with Crippen molar-refractivity contribution in [3.8, 4) is 0 Å². The van der Waals surface area contributed by atoms with Crippen LogP contribution in [0.2, 0.25) is 0 Å². The van der Waals surface area contributed by atoms with Crippen LogP contribution in [0.5, 0.6) is 0 Å². The van der Waals surface area contributed by atoms with Gasteiger partial charge in [0.1, 0.15) is 12.1 Å². The highest BCUT2D eigenvalue weighted by Crippen LogP contribution is 2.41. The first-order valence-electron chi connectivity index (χ1n) is 13.1. The van der Waals surface area contributed by atoms with Crippen LogP contribution in [0.3, 0.4) is 0 Å². The van der Waals surface area contributed by atoms with E-state index in [-0.39, 0.29) is 41.4 Å². The number of nitrogens with one attached hydrogen (secondary N) is 2. The Hall–Kier alpha value is -2.49. The topological polar surface area (TPSA) is 148 Å². The molecule has 10 nitrogen and oxygen atoms in total. The smallest absolute Gasteiger partial charge is 0.326 e. The number of piperidine rings is 3. The van der Waals surface area contributed by atoms with E-state index in [1.807, 2.05) is 0 Å². The van der Waals surface area contributed by atoms with E-state index >= 15 is 0 Å². The van der Waals surface area contributed by atoms with E-state index in [1.54, 1.807) is 0 Å². The molecule has 3 unspecified atom stereocenters. The van der Waals surface area contributed by atoms with Crippen LogP contribution >= 0.6 is 0 Å². The van der Waals surface area contributed by atoms with Gasteiger partial charge in [-0.15, -0.1) is 0 Å². The van der Waals surface area contributed by atoms with Crippen molar-refractivity contribution in [2.75, 3.05) is 26.2 Å². The highest BCUT2D eigenvalue weighted by atomic mass is 16.4. The zero-order valence-electron chi connectivity index (χ0n) is 20.0. The average molecular weight is 489 g/mol. The number of carbonyl (C=O) groups is 4.